The highest BCUT2D eigenvalue weighted by Crippen LogP contribution is 2.53. The number of rotatable bonds is 6. The second-order valence-electron chi connectivity index (χ2n) is 8.90. The fraction of sp³-hybridized carbons (Fsp3) is 0.522. The van der Waals surface area contributed by atoms with Gasteiger partial charge in [-0.2, -0.15) is 0 Å². The van der Waals surface area contributed by atoms with Gasteiger partial charge in [-0.3, -0.25) is 19.4 Å². The molecule has 2 amide bonds. The molecule has 1 N–H and O–H groups in total. The van der Waals surface area contributed by atoms with Crippen molar-refractivity contribution in [3.05, 3.63) is 30.4 Å². The zero-order chi connectivity index (χ0) is 22.6. The zero-order valence-corrected chi connectivity index (χ0v) is 19.2. The summed E-state index contributed by atoms with van der Waals surface area (Å²) in [6.45, 7) is 4.90. The van der Waals surface area contributed by atoms with Crippen LogP contribution in [0.15, 0.2) is 30.4 Å². The molecule has 4 aliphatic rings. The van der Waals surface area contributed by atoms with Gasteiger partial charge in [0.25, 0.3) is 0 Å². The minimum Gasteiger partial charge on any atom is -0.497 e. The van der Waals surface area contributed by atoms with Crippen LogP contribution in [-0.4, -0.2) is 86.5 Å². The molecule has 33 heavy (non-hydrogen) atoms. The number of nitrogens with zero attached hydrogens (tertiary/aromatic N) is 3. The summed E-state index contributed by atoms with van der Waals surface area (Å²) in [4.78, 5) is 35.3. The van der Waals surface area contributed by atoms with E-state index in [1.54, 1.807) is 12.0 Å². The van der Waals surface area contributed by atoms with Crippen molar-refractivity contribution in [1.29, 1.82) is 0 Å². The van der Waals surface area contributed by atoms with Crippen LogP contribution < -0.4 is 15.0 Å². The highest BCUT2D eigenvalue weighted by molar-refractivity contribution is 7.22. The van der Waals surface area contributed by atoms with E-state index in [1.807, 2.05) is 30.4 Å². The molecule has 6 rings (SSSR count). The first-order valence-corrected chi connectivity index (χ1v) is 12.1. The summed E-state index contributed by atoms with van der Waals surface area (Å²) in [5.74, 6) is -0.541. The second-order valence-corrected chi connectivity index (χ2v) is 9.91. The SMILES string of the molecule is COc1ccc2sc(N3C[C@]45C=CC(O4)C(C(=O)NCCN4CCOCC4)C5C3=O)nc2c1. The van der Waals surface area contributed by atoms with Gasteiger partial charge in [0.05, 0.1) is 55.0 Å². The average Bonchev–Trinajstić information content (AvgIpc) is 3.58. The first-order chi connectivity index (χ1) is 16.1. The summed E-state index contributed by atoms with van der Waals surface area (Å²) in [5, 5.41) is 3.67. The van der Waals surface area contributed by atoms with Crippen LogP contribution in [0.5, 0.6) is 5.75 Å². The summed E-state index contributed by atoms with van der Waals surface area (Å²) >= 11 is 1.46. The van der Waals surface area contributed by atoms with E-state index in [4.69, 9.17) is 14.2 Å². The number of benzene rings is 1. The third-order valence-corrected chi connectivity index (χ3v) is 8.11. The van der Waals surface area contributed by atoms with Crippen LogP contribution in [0.3, 0.4) is 0 Å². The number of fused-ring (bicyclic) bond motifs is 2. The van der Waals surface area contributed by atoms with Crippen LogP contribution in [0.4, 0.5) is 5.13 Å². The third kappa shape index (κ3) is 3.43. The van der Waals surface area contributed by atoms with Crippen molar-refractivity contribution < 1.29 is 23.8 Å². The van der Waals surface area contributed by atoms with E-state index in [-0.39, 0.29) is 17.9 Å². The molecule has 0 aliphatic carbocycles. The second kappa shape index (κ2) is 8.05. The maximum Gasteiger partial charge on any atom is 0.236 e. The summed E-state index contributed by atoms with van der Waals surface area (Å²) in [6.07, 6.45) is 3.54. The Labute approximate surface area is 195 Å². The number of ether oxygens (including phenoxy) is 3. The van der Waals surface area contributed by atoms with E-state index >= 15 is 0 Å². The molecule has 1 aromatic carbocycles. The van der Waals surface area contributed by atoms with Crippen molar-refractivity contribution in [2.45, 2.75) is 11.7 Å². The molecule has 4 aliphatic heterocycles. The topological polar surface area (TPSA) is 93.2 Å². The van der Waals surface area contributed by atoms with Gasteiger partial charge in [0.1, 0.15) is 11.4 Å². The van der Waals surface area contributed by atoms with Crippen LogP contribution in [0, 0.1) is 11.8 Å². The molecule has 3 saturated heterocycles. The van der Waals surface area contributed by atoms with E-state index in [0.29, 0.717) is 18.2 Å². The molecule has 9 nitrogen and oxygen atoms in total. The van der Waals surface area contributed by atoms with Gasteiger partial charge in [-0.25, -0.2) is 4.98 Å². The van der Waals surface area contributed by atoms with Crippen LogP contribution in [-0.2, 0) is 19.1 Å². The monoisotopic (exact) mass is 470 g/mol. The number of carbonyl (C=O) groups excluding carboxylic acids is 2. The van der Waals surface area contributed by atoms with Crippen molar-refractivity contribution in [2.75, 3.05) is 57.9 Å². The van der Waals surface area contributed by atoms with Gasteiger partial charge in [0, 0.05) is 32.2 Å². The Balaban J connectivity index is 1.19. The first kappa shape index (κ1) is 21.0. The average molecular weight is 471 g/mol. The van der Waals surface area contributed by atoms with Gasteiger partial charge < -0.3 is 19.5 Å². The predicted molar refractivity (Wildman–Crippen MR) is 123 cm³/mol. The van der Waals surface area contributed by atoms with E-state index in [1.165, 1.54) is 11.3 Å². The Morgan fingerprint density at radius 2 is 2.21 bits per heavy atom. The van der Waals surface area contributed by atoms with Gasteiger partial charge in [0.15, 0.2) is 5.13 Å². The number of hydrogen-bond donors (Lipinski definition) is 1. The van der Waals surface area contributed by atoms with E-state index < -0.39 is 17.4 Å². The van der Waals surface area contributed by atoms with Gasteiger partial charge in [-0.1, -0.05) is 23.5 Å². The molecule has 3 fully saturated rings. The van der Waals surface area contributed by atoms with Gasteiger partial charge >= 0.3 is 0 Å². The first-order valence-electron chi connectivity index (χ1n) is 11.3. The number of amides is 2. The lowest BCUT2D eigenvalue weighted by Crippen LogP contribution is -2.46. The molecular formula is C23H26N4O5S. The minimum absolute atomic E-state index is 0.0961. The molecule has 2 aromatic rings. The van der Waals surface area contributed by atoms with Gasteiger partial charge in [-0.15, -0.1) is 0 Å². The van der Waals surface area contributed by atoms with Crippen molar-refractivity contribution >= 4 is 38.5 Å². The lowest BCUT2D eigenvalue weighted by molar-refractivity contribution is -0.132. The van der Waals surface area contributed by atoms with E-state index in [9.17, 15) is 9.59 Å². The van der Waals surface area contributed by atoms with Gasteiger partial charge in [0.2, 0.25) is 11.8 Å². The Hall–Kier alpha value is -2.53. The Morgan fingerprint density at radius 1 is 1.36 bits per heavy atom. The quantitative estimate of drug-likeness (QED) is 0.631. The van der Waals surface area contributed by atoms with E-state index in [0.717, 1.165) is 48.8 Å². The number of nitrogens with one attached hydrogen (secondary N) is 1. The number of methoxy groups -OCH3 is 1. The fourth-order valence-electron chi connectivity index (χ4n) is 5.38. The standard InChI is InChI=1S/C23H26N4O5S/c1-30-14-2-3-17-15(12-14)25-22(33-17)27-13-23-5-4-16(32-23)18(19(23)21(27)29)20(28)24-6-7-26-8-10-31-11-9-26/h2-5,12,16,18-19H,6-11,13H2,1H3,(H,24,28)/t16?,18?,19?,23-/m0/s1. The van der Waals surface area contributed by atoms with Crippen molar-refractivity contribution in [3.63, 3.8) is 0 Å². The Morgan fingerprint density at radius 3 is 3.03 bits per heavy atom. The smallest absolute Gasteiger partial charge is 0.236 e. The summed E-state index contributed by atoms with van der Waals surface area (Å²) in [6, 6.07) is 5.69. The molecule has 0 saturated carbocycles. The molecule has 10 heteroatoms. The molecule has 5 heterocycles. The molecule has 4 atom stereocenters. The lowest BCUT2D eigenvalue weighted by Gasteiger charge is -2.27. The number of thiazole rings is 1. The molecule has 3 unspecified atom stereocenters. The molecule has 1 aromatic heterocycles. The van der Waals surface area contributed by atoms with Crippen LogP contribution in [0.2, 0.25) is 0 Å². The number of hydrogen-bond acceptors (Lipinski definition) is 8. The summed E-state index contributed by atoms with van der Waals surface area (Å²) in [7, 11) is 1.62. The Kier molecular flexibility index (Phi) is 5.13. The molecule has 2 bridgehead atoms. The lowest BCUT2D eigenvalue weighted by atomic mass is 9.77. The van der Waals surface area contributed by atoms with Gasteiger partial charge in [-0.05, 0) is 12.1 Å². The largest absolute Gasteiger partial charge is 0.497 e. The maximum absolute atomic E-state index is 13.6. The summed E-state index contributed by atoms with van der Waals surface area (Å²) < 4.78 is 17.9. The van der Waals surface area contributed by atoms with Crippen molar-refractivity contribution in [1.82, 2.24) is 15.2 Å². The normalized spacial score (nSPS) is 30.9. The van der Waals surface area contributed by atoms with E-state index in [2.05, 4.69) is 15.2 Å². The van der Waals surface area contributed by atoms with Crippen LogP contribution in [0.25, 0.3) is 10.2 Å². The molecule has 174 valence electrons. The fourth-order valence-corrected chi connectivity index (χ4v) is 6.33. The number of aromatic nitrogens is 1. The highest BCUT2D eigenvalue weighted by Gasteiger charge is 2.67. The van der Waals surface area contributed by atoms with Crippen LogP contribution in [0.1, 0.15) is 0 Å². The summed E-state index contributed by atoms with van der Waals surface area (Å²) in [5.41, 5.74) is 0.0265. The predicted octanol–water partition coefficient (Wildman–Crippen LogP) is 1.04. The Bertz CT molecular complexity index is 1130. The van der Waals surface area contributed by atoms with Crippen molar-refractivity contribution in [3.8, 4) is 5.75 Å². The molecular weight excluding hydrogens is 444 g/mol. The molecule has 0 radical (unpaired) electrons. The van der Waals surface area contributed by atoms with Crippen molar-refractivity contribution in [2.24, 2.45) is 11.8 Å². The van der Waals surface area contributed by atoms with Crippen LogP contribution >= 0.6 is 11.3 Å². The number of anilines is 1. The minimum atomic E-state index is -0.760. The third-order valence-electron chi connectivity index (χ3n) is 7.05. The zero-order valence-electron chi connectivity index (χ0n) is 18.4. The number of morpholine rings is 1. The highest BCUT2D eigenvalue weighted by atomic mass is 32.1. The maximum atomic E-state index is 13.6. The molecule has 1 spiro atoms. The number of carbonyl (C=O) groups is 2.